The summed E-state index contributed by atoms with van der Waals surface area (Å²) in [4.78, 5) is 5.31. The van der Waals surface area contributed by atoms with Gasteiger partial charge in [0.2, 0.25) is 0 Å². The second kappa shape index (κ2) is 5.93. The van der Waals surface area contributed by atoms with E-state index in [0.29, 0.717) is 0 Å². The Balaban J connectivity index is 1.80. The Morgan fingerprint density at radius 1 is 1.16 bits per heavy atom. The molecular weight excluding hydrogens is 234 g/mol. The maximum absolute atomic E-state index is 3.29. The molecule has 2 heterocycles. The lowest BCUT2D eigenvalue weighted by Crippen LogP contribution is -2.37. The van der Waals surface area contributed by atoms with Crippen LogP contribution >= 0.6 is 0 Å². The van der Waals surface area contributed by atoms with Crippen LogP contribution in [0.4, 0.5) is 5.69 Å². The van der Waals surface area contributed by atoms with E-state index in [4.69, 9.17) is 0 Å². The van der Waals surface area contributed by atoms with Crippen LogP contribution in [0.2, 0.25) is 0 Å². The van der Waals surface area contributed by atoms with Crippen LogP contribution in [-0.4, -0.2) is 44.2 Å². The number of nitrogens with one attached hydrogen (secondary N) is 1. The van der Waals surface area contributed by atoms with E-state index in [-0.39, 0.29) is 0 Å². The minimum Gasteiger partial charge on any atom is -0.370 e. The summed E-state index contributed by atoms with van der Waals surface area (Å²) in [5, 5.41) is 3.29. The molecule has 3 nitrogen and oxygen atoms in total. The second-order valence-electron chi connectivity index (χ2n) is 5.79. The highest BCUT2D eigenvalue weighted by atomic mass is 15.3. The first-order chi connectivity index (χ1) is 9.38. The molecular formula is C16H25N3. The molecule has 2 saturated heterocycles. The molecule has 1 aromatic rings. The minimum absolute atomic E-state index is 0.783. The van der Waals surface area contributed by atoms with Crippen LogP contribution in [0.3, 0.4) is 0 Å². The molecule has 3 heteroatoms. The van der Waals surface area contributed by atoms with Gasteiger partial charge in [-0.05, 0) is 44.5 Å². The van der Waals surface area contributed by atoms with E-state index in [1.807, 2.05) is 7.05 Å². The van der Waals surface area contributed by atoms with Gasteiger partial charge in [0.1, 0.15) is 0 Å². The second-order valence-corrected chi connectivity index (χ2v) is 5.79. The van der Waals surface area contributed by atoms with Gasteiger partial charge in [-0.15, -0.1) is 0 Å². The van der Waals surface area contributed by atoms with E-state index in [1.165, 1.54) is 56.7 Å². The monoisotopic (exact) mass is 259 g/mol. The molecule has 0 spiro atoms. The maximum Gasteiger partial charge on any atom is 0.0412 e. The first-order valence-corrected chi connectivity index (χ1v) is 7.60. The van der Waals surface area contributed by atoms with Crippen LogP contribution in [0.5, 0.6) is 0 Å². The van der Waals surface area contributed by atoms with Crippen molar-refractivity contribution in [3.63, 3.8) is 0 Å². The first-order valence-electron chi connectivity index (χ1n) is 7.60. The molecule has 0 aromatic heterocycles. The molecule has 2 aliphatic heterocycles. The molecule has 104 valence electrons. The highest BCUT2D eigenvalue weighted by molar-refractivity contribution is 5.54. The summed E-state index contributed by atoms with van der Waals surface area (Å²) in [5.74, 6) is 0. The molecule has 19 heavy (non-hydrogen) atoms. The van der Waals surface area contributed by atoms with Crippen LogP contribution in [0.15, 0.2) is 24.3 Å². The fourth-order valence-corrected chi connectivity index (χ4v) is 3.58. The van der Waals surface area contributed by atoms with E-state index in [9.17, 15) is 0 Å². The lowest BCUT2D eigenvalue weighted by atomic mass is 10.1. The van der Waals surface area contributed by atoms with Gasteiger partial charge in [-0.1, -0.05) is 18.2 Å². The van der Waals surface area contributed by atoms with Gasteiger partial charge in [-0.3, -0.25) is 4.90 Å². The summed E-state index contributed by atoms with van der Waals surface area (Å²) in [6, 6.07) is 9.65. The number of fused-ring (bicyclic) bond motifs is 1. The summed E-state index contributed by atoms with van der Waals surface area (Å²) in [6.45, 7) is 5.97. The topological polar surface area (TPSA) is 18.5 Å². The van der Waals surface area contributed by atoms with Crippen molar-refractivity contribution in [1.82, 2.24) is 10.2 Å². The number of hydrogen-bond acceptors (Lipinski definition) is 3. The van der Waals surface area contributed by atoms with Gasteiger partial charge in [0.05, 0.1) is 0 Å². The Morgan fingerprint density at radius 2 is 2.00 bits per heavy atom. The number of benzene rings is 1. The molecule has 3 rings (SSSR count). The van der Waals surface area contributed by atoms with Crippen LogP contribution in [0.25, 0.3) is 0 Å². The number of hydrogen-bond donors (Lipinski definition) is 1. The van der Waals surface area contributed by atoms with E-state index in [1.54, 1.807) is 0 Å². The first kappa shape index (κ1) is 12.9. The summed E-state index contributed by atoms with van der Waals surface area (Å²) in [7, 11) is 2.03. The van der Waals surface area contributed by atoms with Crippen LogP contribution < -0.4 is 10.2 Å². The molecule has 0 saturated carbocycles. The Morgan fingerprint density at radius 3 is 2.89 bits per heavy atom. The molecule has 2 aliphatic rings. The van der Waals surface area contributed by atoms with E-state index in [2.05, 4.69) is 39.4 Å². The summed E-state index contributed by atoms with van der Waals surface area (Å²) >= 11 is 0. The van der Waals surface area contributed by atoms with Crippen molar-refractivity contribution in [3.05, 3.63) is 29.8 Å². The number of anilines is 1. The quantitative estimate of drug-likeness (QED) is 0.896. The van der Waals surface area contributed by atoms with Crippen LogP contribution in [0, 0.1) is 0 Å². The smallest absolute Gasteiger partial charge is 0.0412 e. The molecule has 0 aliphatic carbocycles. The third kappa shape index (κ3) is 2.77. The maximum atomic E-state index is 3.29. The zero-order chi connectivity index (χ0) is 13.1. The van der Waals surface area contributed by atoms with Crippen molar-refractivity contribution in [2.45, 2.75) is 31.8 Å². The number of rotatable bonds is 3. The van der Waals surface area contributed by atoms with Crippen molar-refractivity contribution < 1.29 is 0 Å². The minimum atomic E-state index is 0.783. The van der Waals surface area contributed by atoms with Crippen LogP contribution in [0.1, 0.15) is 24.8 Å². The predicted molar refractivity (Wildman–Crippen MR) is 80.6 cm³/mol. The average molecular weight is 259 g/mol. The van der Waals surface area contributed by atoms with Crippen molar-refractivity contribution in [2.24, 2.45) is 0 Å². The highest BCUT2D eigenvalue weighted by Crippen LogP contribution is 2.27. The molecule has 0 bridgehead atoms. The van der Waals surface area contributed by atoms with Crippen LogP contribution in [-0.2, 0) is 6.54 Å². The van der Waals surface area contributed by atoms with Gasteiger partial charge in [-0.2, -0.15) is 0 Å². The summed E-state index contributed by atoms with van der Waals surface area (Å²) in [5.41, 5.74) is 2.86. The standard InChI is InChI=1S/C16H25N3/c1-17-12-14-6-2-3-8-16(14)19-11-5-10-18-9-4-7-15(18)13-19/h2-3,6,8,15,17H,4-5,7,9-13H2,1H3. The SMILES string of the molecule is CNCc1ccccc1N1CCCN2CCCC2C1. The van der Waals surface area contributed by atoms with E-state index < -0.39 is 0 Å². The van der Waals surface area contributed by atoms with Gasteiger partial charge in [0.15, 0.2) is 0 Å². The van der Waals surface area contributed by atoms with Crippen molar-refractivity contribution in [1.29, 1.82) is 0 Å². The predicted octanol–water partition coefficient (Wildman–Crippen LogP) is 2.08. The molecule has 2 fully saturated rings. The lowest BCUT2D eigenvalue weighted by molar-refractivity contribution is 0.273. The van der Waals surface area contributed by atoms with Gasteiger partial charge in [0, 0.05) is 37.9 Å². The zero-order valence-electron chi connectivity index (χ0n) is 11.9. The van der Waals surface area contributed by atoms with Crippen molar-refractivity contribution in [2.75, 3.05) is 38.1 Å². The fourth-order valence-electron chi connectivity index (χ4n) is 3.58. The van der Waals surface area contributed by atoms with Gasteiger partial charge in [0.25, 0.3) is 0 Å². The summed E-state index contributed by atoms with van der Waals surface area (Å²) in [6.07, 6.45) is 4.06. The largest absolute Gasteiger partial charge is 0.370 e. The Labute approximate surface area is 116 Å². The van der Waals surface area contributed by atoms with Gasteiger partial charge < -0.3 is 10.2 Å². The van der Waals surface area contributed by atoms with E-state index >= 15 is 0 Å². The number of para-hydroxylation sites is 1. The molecule has 1 unspecified atom stereocenters. The van der Waals surface area contributed by atoms with Crippen molar-refractivity contribution >= 4 is 5.69 Å². The lowest BCUT2D eigenvalue weighted by Gasteiger charge is -2.29. The normalized spacial score (nSPS) is 24.3. The Kier molecular flexibility index (Phi) is 4.04. The molecule has 0 amide bonds. The van der Waals surface area contributed by atoms with Gasteiger partial charge >= 0.3 is 0 Å². The Bertz CT molecular complexity index is 418. The molecule has 0 radical (unpaired) electrons. The third-order valence-corrected chi connectivity index (χ3v) is 4.50. The fraction of sp³-hybridized carbons (Fsp3) is 0.625. The average Bonchev–Trinajstić information content (AvgIpc) is 2.77. The summed E-state index contributed by atoms with van der Waals surface area (Å²) < 4.78 is 0. The van der Waals surface area contributed by atoms with E-state index in [0.717, 1.165) is 12.6 Å². The Hall–Kier alpha value is -1.06. The number of nitrogens with zero attached hydrogens (tertiary/aromatic N) is 2. The highest BCUT2D eigenvalue weighted by Gasteiger charge is 2.29. The molecule has 1 atom stereocenters. The molecule has 1 N–H and O–H groups in total. The third-order valence-electron chi connectivity index (χ3n) is 4.50. The molecule has 1 aromatic carbocycles. The zero-order valence-corrected chi connectivity index (χ0v) is 11.9. The van der Waals surface area contributed by atoms with Gasteiger partial charge in [-0.25, -0.2) is 0 Å². The van der Waals surface area contributed by atoms with Crippen molar-refractivity contribution in [3.8, 4) is 0 Å².